The number of amides is 1. The van der Waals surface area contributed by atoms with Gasteiger partial charge in [-0.25, -0.2) is 0 Å². The highest BCUT2D eigenvalue weighted by atomic mass is 16.3. The largest absolute Gasteiger partial charge is 0.395 e. The third-order valence-electron chi connectivity index (χ3n) is 2.70. The van der Waals surface area contributed by atoms with Crippen molar-refractivity contribution in [1.29, 1.82) is 0 Å². The van der Waals surface area contributed by atoms with Crippen molar-refractivity contribution in [2.24, 2.45) is 0 Å². The van der Waals surface area contributed by atoms with Crippen molar-refractivity contribution in [3.63, 3.8) is 0 Å². The Morgan fingerprint density at radius 1 is 1.41 bits per heavy atom. The Morgan fingerprint density at radius 2 is 2.00 bits per heavy atom. The first-order chi connectivity index (χ1) is 8.11. The average Bonchev–Trinajstić information content (AvgIpc) is 2.28. The molecule has 0 saturated carbocycles. The van der Waals surface area contributed by atoms with E-state index in [4.69, 9.17) is 5.11 Å². The Labute approximate surface area is 102 Å². The van der Waals surface area contributed by atoms with Crippen LogP contribution in [0.2, 0.25) is 0 Å². The number of aliphatic hydroxyl groups excluding tert-OH is 1. The molecule has 0 saturated heterocycles. The third kappa shape index (κ3) is 3.17. The Bertz CT molecular complexity index is 392. The molecule has 0 aliphatic rings. The van der Waals surface area contributed by atoms with E-state index in [9.17, 15) is 4.79 Å². The molecule has 1 amide bonds. The summed E-state index contributed by atoms with van der Waals surface area (Å²) in [6.07, 6.45) is 1.67. The Kier molecular flexibility index (Phi) is 4.91. The molecule has 0 radical (unpaired) electrons. The first-order valence-corrected chi connectivity index (χ1v) is 5.69. The van der Waals surface area contributed by atoms with Gasteiger partial charge in [-0.2, -0.15) is 0 Å². The van der Waals surface area contributed by atoms with Crippen molar-refractivity contribution < 1.29 is 9.90 Å². The summed E-state index contributed by atoms with van der Waals surface area (Å²) in [5.74, 6) is -0.0467. The normalized spacial score (nSPS) is 10.1. The average molecular weight is 233 g/mol. The summed E-state index contributed by atoms with van der Waals surface area (Å²) in [6.45, 7) is 8.22. The summed E-state index contributed by atoms with van der Waals surface area (Å²) in [6, 6.07) is 5.78. The minimum atomic E-state index is -0.0467. The Balaban J connectivity index is 3.04. The molecule has 0 aliphatic carbocycles. The number of nitrogens with zero attached hydrogens (tertiary/aromatic N) is 1. The van der Waals surface area contributed by atoms with E-state index in [1.54, 1.807) is 11.0 Å². The summed E-state index contributed by atoms with van der Waals surface area (Å²) >= 11 is 0. The second-order valence-corrected chi connectivity index (χ2v) is 4.03. The number of carbonyl (C=O) groups excluding carboxylic acids is 1. The Hall–Kier alpha value is -1.61. The highest BCUT2D eigenvalue weighted by Crippen LogP contribution is 2.15. The summed E-state index contributed by atoms with van der Waals surface area (Å²) in [5.41, 5.74) is 2.65. The zero-order valence-corrected chi connectivity index (χ0v) is 10.4. The first-order valence-electron chi connectivity index (χ1n) is 5.69. The van der Waals surface area contributed by atoms with Gasteiger partial charge in [-0.1, -0.05) is 24.3 Å². The number of benzene rings is 1. The van der Waals surface area contributed by atoms with E-state index in [-0.39, 0.29) is 12.5 Å². The lowest BCUT2D eigenvalue weighted by Gasteiger charge is -2.22. The molecule has 0 bridgehead atoms. The molecule has 0 unspecified atom stereocenters. The second-order valence-electron chi connectivity index (χ2n) is 4.03. The smallest absolute Gasteiger partial charge is 0.254 e. The van der Waals surface area contributed by atoms with Crippen molar-refractivity contribution >= 4 is 5.91 Å². The van der Waals surface area contributed by atoms with Gasteiger partial charge in [-0.3, -0.25) is 4.79 Å². The van der Waals surface area contributed by atoms with Crippen LogP contribution in [0.3, 0.4) is 0 Å². The molecule has 0 spiro atoms. The molecule has 1 rings (SSSR count). The van der Waals surface area contributed by atoms with Gasteiger partial charge in [0.1, 0.15) is 0 Å². The number of rotatable bonds is 5. The number of hydrogen-bond donors (Lipinski definition) is 1. The molecule has 0 aliphatic heterocycles. The lowest BCUT2D eigenvalue weighted by atomic mass is 10.0. The van der Waals surface area contributed by atoms with Crippen LogP contribution >= 0.6 is 0 Å². The molecule has 1 N–H and O–H groups in total. The van der Waals surface area contributed by atoms with Gasteiger partial charge in [0.15, 0.2) is 0 Å². The lowest BCUT2D eigenvalue weighted by molar-refractivity contribution is 0.0741. The van der Waals surface area contributed by atoms with Crippen molar-refractivity contribution in [1.82, 2.24) is 4.90 Å². The number of carbonyl (C=O) groups is 1. The summed E-state index contributed by atoms with van der Waals surface area (Å²) < 4.78 is 0. The van der Waals surface area contributed by atoms with Crippen LogP contribution in [0.1, 0.15) is 21.5 Å². The fourth-order valence-corrected chi connectivity index (χ4v) is 1.86. The van der Waals surface area contributed by atoms with Gasteiger partial charge in [0.25, 0.3) is 5.91 Å². The van der Waals surface area contributed by atoms with E-state index in [0.717, 1.165) is 16.7 Å². The molecule has 0 fully saturated rings. The lowest BCUT2D eigenvalue weighted by Crippen LogP contribution is -2.34. The highest BCUT2D eigenvalue weighted by Gasteiger charge is 2.17. The second kappa shape index (κ2) is 6.21. The fourth-order valence-electron chi connectivity index (χ4n) is 1.86. The zero-order chi connectivity index (χ0) is 12.8. The maximum atomic E-state index is 12.3. The summed E-state index contributed by atoms with van der Waals surface area (Å²) in [5, 5.41) is 8.97. The van der Waals surface area contributed by atoms with Crippen LogP contribution < -0.4 is 0 Å². The van der Waals surface area contributed by atoms with Crippen LogP contribution in [-0.2, 0) is 0 Å². The molecule has 0 atom stereocenters. The van der Waals surface area contributed by atoms with Crippen LogP contribution in [0.4, 0.5) is 0 Å². The maximum absolute atomic E-state index is 12.3. The van der Waals surface area contributed by atoms with Gasteiger partial charge in [-0.05, 0) is 25.0 Å². The van der Waals surface area contributed by atoms with Crippen molar-refractivity contribution in [3.8, 4) is 0 Å². The molecule has 0 aromatic heterocycles. The molecule has 1 aromatic rings. The molecule has 3 nitrogen and oxygen atoms in total. The van der Waals surface area contributed by atoms with E-state index in [2.05, 4.69) is 6.58 Å². The summed E-state index contributed by atoms with van der Waals surface area (Å²) in [4.78, 5) is 13.9. The zero-order valence-electron chi connectivity index (χ0n) is 10.4. The van der Waals surface area contributed by atoms with Crippen molar-refractivity contribution in [3.05, 3.63) is 47.5 Å². The number of aryl methyl sites for hydroxylation is 2. The monoisotopic (exact) mass is 233 g/mol. The molecule has 92 valence electrons. The number of aliphatic hydroxyl groups is 1. The van der Waals surface area contributed by atoms with Gasteiger partial charge >= 0.3 is 0 Å². The predicted octanol–water partition coefficient (Wildman–Crippen LogP) is 1.92. The predicted molar refractivity (Wildman–Crippen MR) is 69.1 cm³/mol. The third-order valence-corrected chi connectivity index (χ3v) is 2.70. The van der Waals surface area contributed by atoms with Gasteiger partial charge in [-0.15, -0.1) is 6.58 Å². The van der Waals surface area contributed by atoms with Crippen molar-refractivity contribution in [2.75, 3.05) is 19.7 Å². The quantitative estimate of drug-likeness (QED) is 0.789. The molecular formula is C14H19NO2. The SMILES string of the molecule is C=CCN(CCO)C(=O)c1c(C)cccc1C. The molecule has 0 heterocycles. The van der Waals surface area contributed by atoms with Crippen LogP contribution in [0.15, 0.2) is 30.9 Å². The van der Waals surface area contributed by atoms with E-state index in [0.29, 0.717) is 13.1 Å². The van der Waals surface area contributed by atoms with Gasteiger partial charge in [0.05, 0.1) is 6.61 Å². The fraction of sp³-hybridized carbons (Fsp3) is 0.357. The highest BCUT2D eigenvalue weighted by molar-refractivity contribution is 5.97. The molecule has 17 heavy (non-hydrogen) atoms. The minimum absolute atomic E-state index is 0.0372. The van der Waals surface area contributed by atoms with Crippen molar-refractivity contribution in [2.45, 2.75) is 13.8 Å². The standard InChI is InChI=1S/C14H19NO2/c1-4-8-15(9-10-16)14(17)13-11(2)6-5-7-12(13)3/h4-7,16H,1,8-10H2,2-3H3. The summed E-state index contributed by atoms with van der Waals surface area (Å²) in [7, 11) is 0. The topological polar surface area (TPSA) is 40.5 Å². The molecular weight excluding hydrogens is 214 g/mol. The van der Waals surface area contributed by atoms with E-state index in [1.807, 2.05) is 32.0 Å². The van der Waals surface area contributed by atoms with Crippen LogP contribution in [0.25, 0.3) is 0 Å². The Morgan fingerprint density at radius 3 is 2.47 bits per heavy atom. The van der Waals surface area contributed by atoms with Crippen LogP contribution in [-0.4, -0.2) is 35.6 Å². The van der Waals surface area contributed by atoms with E-state index >= 15 is 0 Å². The van der Waals surface area contributed by atoms with Gasteiger partial charge in [0, 0.05) is 18.7 Å². The first kappa shape index (κ1) is 13.5. The van der Waals surface area contributed by atoms with Gasteiger partial charge in [0.2, 0.25) is 0 Å². The van der Waals surface area contributed by atoms with Crippen LogP contribution in [0, 0.1) is 13.8 Å². The van der Waals surface area contributed by atoms with E-state index in [1.165, 1.54) is 0 Å². The molecule has 1 aromatic carbocycles. The molecule has 3 heteroatoms. The van der Waals surface area contributed by atoms with E-state index < -0.39 is 0 Å². The maximum Gasteiger partial charge on any atom is 0.254 e. The number of hydrogen-bond acceptors (Lipinski definition) is 2. The van der Waals surface area contributed by atoms with Crippen LogP contribution in [0.5, 0.6) is 0 Å². The van der Waals surface area contributed by atoms with Gasteiger partial charge < -0.3 is 10.0 Å². The minimum Gasteiger partial charge on any atom is -0.395 e.